The Balaban J connectivity index is 2.20. The SMILES string of the molecule is Cc1oc(C)c(-c2nc3ccc(C(=O)O)cc3s2)c1C. The summed E-state index contributed by atoms with van der Waals surface area (Å²) in [7, 11) is 0. The number of hydrogen-bond donors (Lipinski definition) is 1. The maximum absolute atomic E-state index is 11.0. The summed E-state index contributed by atoms with van der Waals surface area (Å²) in [6.07, 6.45) is 0. The summed E-state index contributed by atoms with van der Waals surface area (Å²) in [6.45, 7) is 5.86. The van der Waals surface area contributed by atoms with E-state index in [-0.39, 0.29) is 5.56 Å². The number of aryl methyl sites for hydroxylation is 2. The molecule has 0 aliphatic heterocycles. The number of thiazole rings is 1. The Hall–Kier alpha value is -2.14. The smallest absolute Gasteiger partial charge is 0.335 e. The van der Waals surface area contributed by atoms with E-state index in [0.29, 0.717) is 0 Å². The van der Waals surface area contributed by atoms with Crippen molar-refractivity contribution < 1.29 is 14.3 Å². The van der Waals surface area contributed by atoms with Gasteiger partial charge >= 0.3 is 5.97 Å². The molecule has 2 heterocycles. The number of hydrogen-bond acceptors (Lipinski definition) is 4. The molecule has 0 saturated carbocycles. The van der Waals surface area contributed by atoms with Crippen molar-refractivity contribution in [2.45, 2.75) is 20.8 Å². The van der Waals surface area contributed by atoms with E-state index in [4.69, 9.17) is 9.52 Å². The van der Waals surface area contributed by atoms with Crippen molar-refractivity contribution >= 4 is 27.5 Å². The molecule has 0 spiro atoms. The number of fused-ring (bicyclic) bond motifs is 1. The summed E-state index contributed by atoms with van der Waals surface area (Å²) < 4.78 is 6.50. The highest BCUT2D eigenvalue weighted by Gasteiger charge is 2.17. The second-order valence-corrected chi connectivity index (χ2v) is 5.75. The van der Waals surface area contributed by atoms with Gasteiger partial charge < -0.3 is 9.52 Å². The minimum absolute atomic E-state index is 0.282. The first-order valence-electron chi connectivity index (χ1n) is 6.18. The molecule has 102 valence electrons. The molecule has 2 aromatic heterocycles. The van der Waals surface area contributed by atoms with Crippen LogP contribution in [0.5, 0.6) is 0 Å². The van der Waals surface area contributed by atoms with Crippen molar-refractivity contribution in [3.63, 3.8) is 0 Å². The van der Waals surface area contributed by atoms with E-state index < -0.39 is 5.97 Å². The number of aromatic nitrogens is 1. The summed E-state index contributed by atoms with van der Waals surface area (Å²) in [4.78, 5) is 15.6. The zero-order valence-electron chi connectivity index (χ0n) is 11.4. The lowest BCUT2D eigenvalue weighted by molar-refractivity contribution is 0.0697. The van der Waals surface area contributed by atoms with E-state index in [1.807, 2.05) is 20.8 Å². The molecule has 3 aromatic rings. The van der Waals surface area contributed by atoms with Gasteiger partial charge in [-0.2, -0.15) is 0 Å². The van der Waals surface area contributed by atoms with Crippen LogP contribution in [0.2, 0.25) is 0 Å². The van der Waals surface area contributed by atoms with Gasteiger partial charge in [0.1, 0.15) is 16.5 Å². The number of carbonyl (C=O) groups is 1. The van der Waals surface area contributed by atoms with E-state index in [1.54, 1.807) is 18.2 Å². The predicted molar refractivity (Wildman–Crippen MR) is 78.5 cm³/mol. The third-order valence-electron chi connectivity index (χ3n) is 3.41. The molecule has 0 radical (unpaired) electrons. The van der Waals surface area contributed by atoms with Crippen LogP contribution in [0.25, 0.3) is 20.8 Å². The average molecular weight is 287 g/mol. The van der Waals surface area contributed by atoms with Crippen molar-refractivity contribution in [1.29, 1.82) is 0 Å². The number of carboxylic acid groups (broad SMARTS) is 1. The summed E-state index contributed by atoms with van der Waals surface area (Å²) in [6, 6.07) is 4.99. The molecule has 1 N–H and O–H groups in total. The molecule has 1 aromatic carbocycles. The van der Waals surface area contributed by atoms with Gasteiger partial charge in [-0.15, -0.1) is 11.3 Å². The minimum Gasteiger partial charge on any atom is -0.478 e. The van der Waals surface area contributed by atoms with E-state index in [2.05, 4.69) is 4.98 Å². The number of nitrogens with zero attached hydrogens (tertiary/aromatic N) is 1. The molecule has 0 aliphatic rings. The molecular formula is C15H13NO3S. The Morgan fingerprint density at radius 3 is 2.60 bits per heavy atom. The van der Waals surface area contributed by atoms with Gasteiger partial charge in [-0.05, 0) is 39.0 Å². The fraction of sp³-hybridized carbons (Fsp3) is 0.200. The first kappa shape index (κ1) is 12.9. The average Bonchev–Trinajstić information content (AvgIpc) is 2.90. The fourth-order valence-electron chi connectivity index (χ4n) is 2.27. The molecule has 0 aliphatic carbocycles. The van der Waals surface area contributed by atoms with Crippen LogP contribution in [0, 0.1) is 20.8 Å². The highest BCUT2D eigenvalue weighted by Crippen LogP contribution is 2.36. The van der Waals surface area contributed by atoms with Gasteiger partial charge in [0.05, 0.1) is 21.3 Å². The lowest BCUT2D eigenvalue weighted by Gasteiger charge is -1.94. The summed E-state index contributed by atoms with van der Waals surface area (Å²) >= 11 is 1.49. The van der Waals surface area contributed by atoms with Crippen LogP contribution in [-0.2, 0) is 0 Å². The molecule has 0 amide bonds. The van der Waals surface area contributed by atoms with E-state index >= 15 is 0 Å². The summed E-state index contributed by atoms with van der Waals surface area (Å²) in [5.74, 6) is 0.814. The summed E-state index contributed by atoms with van der Waals surface area (Å²) in [5, 5.41) is 9.90. The van der Waals surface area contributed by atoms with Crippen LogP contribution in [0.15, 0.2) is 22.6 Å². The number of furan rings is 1. The zero-order valence-corrected chi connectivity index (χ0v) is 12.2. The molecule has 0 saturated heterocycles. The molecule has 0 unspecified atom stereocenters. The zero-order chi connectivity index (χ0) is 14.4. The van der Waals surface area contributed by atoms with Crippen molar-refractivity contribution in [3.05, 3.63) is 40.8 Å². The molecule has 0 fully saturated rings. The fourth-order valence-corrected chi connectivity index (χ4v) is 3.43. The lowest BCUT2D eigenvalue weighted by atomic mass is 10.1. The van der Waals surface area contributed by atoms with Crippen LogP contribution >= 0.6 is 11.3 Å². The molecule has 0 atom stereocenters. The molecule has 5 heteroatoms. The Bertz CT molecular complexity index is 829. The standard InChI is InChI=1S/C15H13NO3S/c1-7-8(2)19-9(3)13(7)14-16-11-5-4-10(15(17)18)6-12(11)20-14/h4-6H,1-3H3,(H,17,18). The van der Waals surface area contributed by atoms with Crippen LogP contribution in [0.1, 0.15) is 27.4 Å². The van der Waals surface area contributed by atoms with Gasteiger partial charge in [-0.25, -0.2) is 9.78 Å². The molecule has 3 rings (SSSR count). The quantitative estimate of drug-likeness (QED) is 0.768. The highest BCUT2D eigenvalue weighted by molar-refractivity contribution is 7.21. The van der Waals surface area contributed by atoms with Gasteiger partial charge in [0, 0.05) is 5.56 Å². The monoisotopic (exact) mass is 287 g/mol. The maximum atomic E-state index is 11.0. The van der Waals surface area contributed by atoms with Gasteiger partial charge in [-0.3, -0.25) is 0 Å². The van der Waals surface area contributed by atoms with E-state index in [1.165, 1.54) is 11.3 Å². The Kier molecular flexibility index (Phi) is 2.87. The Morgan fingerprint density at radius 1 is 1.25 bits per heavy atom. The molecular weight excluding hydrogens is 274 g/mol. The van der Waals surface area contributed by atoms with Crippen LogP contribution < -0.4 is 0 Å². The third kappa shape index (κ3) is 1.91. The Labute approximate surface area is 119 Å². The van der Waals surface area contributed by atoms with E-state index in [9.17, 15) is 4.79 Å². The minimum atomic E-state index is -0.923. The van der Waals surface area contributed by atoms with E-state index in [0.717, 1.165) is 37.9 Å². The number of carboxylic acids is 1. The Morgan fingerprint density at radius 2 is 2.00 bits per heavy atom. The normalized spacial score (nSPS) is 11.2. The molecule has 4 nitrogen and oxygen atoms in total. The summed E-state index contributed by atoms with van der Waals surface area (Å²) in [5.41, 5.74) is 3.19. The van der Waals surface area contributed by atoms with Crippen molar-refractivity contribution in [3.8, 4) is 10.6 Å². The van der Waals surface area contributed by atoms with Crippen molar-refractivity contribution in [1.82, 2.24) is 4.98 Å². The van der Waals surface area contributed by atoms with Crippen LogP contribution in [0.3, 0.4) is 0 Å². The number of benzene rings is 1. The largest absolute Gasteiger partial charge is 0.478 e. The topological polar surface area (TPSA) is 63.3 Å². The molecule has 20 heavy (non-hydrogen) atoms. The third-order valence-corrected chi connectivity index (χ3v) is 4.45. The number of aromatic carboxylic acids is 1. The van der Waals surface area contributed by atoms with Crippen molar-refractivity contribution in [2.24, 2.45) is 0 Å². The van der Waals surface area contributed by atoms with Gasteiger partial charge in [-0.1, -0.05) is 0 Å². The van der Waals surface area contributed by atoms with Gasteiger partial charge in [0.15, 0.2) is 0 Å². The first-order chi connectivity index (χ1) is 9.47. The lowest BCUT2D eigenvalue weighted by Crippen LogP contribution is -1.94. The first-order valence-corrected chi connectivity index (χ1v) is 7.00. The molecule has 0 bridgehead atoms. The van der Waals surface area contributed by atoms with Gasteiger partial charge in [0.2, 0.25) is 0 Å². The second kappa shape index (κ2) is 4.45. The van der Waals surface area contributed by atoms with Crippen LogP contribution in [0.4, 0.5) is 0 Å². The van der Waals surface area contributed by atoms with Crippen molar-refractivity contribution in [2.75, 3.05) is 0 Å². The maximum Gasteiger partial charge on any atom is 0.335 e. The van der Waals surface area contributed by atoms with Crippen LogP contribution in [-0.4, -0.2) is 16.1 Å². The number of rotatable bonds is 2. The highest BCUT2D eigenvalue weighted by atomic mass is 32.1. The predicted octanol–water partition coefficient (Wildman–Crippen LogP) is 4.18. The van der Waals surface area contributed by atoms with Gasteiger partial charge in [0.25, 0.3) is 0 Å². The second-order valence-electron chi connectivity index (χ2n) is 4.72.